The van der Waals surface area contributed by atoms with Crippen LogP contribution in [0.3, 0.4) is 0 Å². The molecule has 1 heterocycles. The van der Waals surface area contributed by atoms with Gasteiger partial charge in [0.25, 0.3) is 0 Å². The molecule has 94 valence electrons. The first-order valence-electron chi connectivity index (χ1n) is 5.14. The van der Waals surface area contributed by atoms with E-state index in [9.17, 15) is 4.79 Å². The number of hydrogen-bond donors (Lipinski definition) is 1. The number of carboxylic acids is 1. The number of carboxylic acid groups (broad SMARTS) is 1. The fourth-order valence-corrected chi connectivity index (χ4v) is 1.82. The predicted octanol–water partition coefficient (Wildman–Crippen LogP) is 3.02. The minimum absolute atomic E-state index is 0.105. The van der Waals surface area contributed by atoms with Gasteiger partial charge in [-0.1, -0.05) is 27.2 Å². The second-order valence-electron chi connectivity index (χ2n) is 3.62. The molecule has 6 heteroatoms. The molecule has 0 fully saturated rings. The van der Waals surface area contributed by atoms with Crippen LogP contribution in [0.1, 0.15) is 21.8 Å². The highest BCUT2D eigenvalue weighted by Crippen LogP contribution is 2.21. The number of ether oxygens (including phenoxy) is 1. The summed E-state index contributed by atoms with van der Waals surface area (Å²) in [5, 5.41) is 12.4. The van der Waals surface area contributed by atoms with Crippen molar-refractivity contribution in [1.29, 1.82) is 0 Å². The first kappa shape index (κ1) is 12.6. The van der Waals surface area contributed by atoms with Crippen LogP contribution in [0.2, 0.25) is 0 Å². The molecule has 0 amide bonds. The van der Waals surface area contributed by atoms with Crippen molar-refractivity contribution in [2.45, 2.75) is 13.5 Å². The van der Waals surface area contributed by atoms with Gasteiger partial charge in [0.05, 0.1) is 5.56 Å². The molecule has 5 nitrogen and oxygen atoms in total. The molecular weight excluding hydrogens is 302 g/mol. The Morgan fingerprint density at radius 2 is 2.33 bits per heavy atom. The minimum Gasteiger partial charge on any atom is -0.489 e. The Hall–Kier alpha value is -1.82. The van der Waals surface area contributed by atoms with Gasteiger partial charge in [0.2, 0.25) is 0 Å². The van der Waals surface area contributed by atoms with Crippen LogP contribution in [0.15, 0.2) is 33.3 Å². The molecule has 2 rings (SSSR count). The largest absolute Gasteiger partial charge is 0.489 e. The number of rotatable bonds is 4. The maximum atomic E-state index is 10.9. The number of aromatic nitrogens is 1. The van der Waals surface area contributed by atoms with E-state index in [1.54, 1.807) is 19.1 Å². The van der Waals surface area contributed by atoms with Crippen molar-refractivity contribution in [2.24, 2.45) is 0 Å². The normalized spacial score (nSPS) is 10.3. The Bertz CT molecular complexity index is 579. The van der Waals surface area contributed by atoms with E-state index in [0.29, 0.717) is 17.1 Å². The summed E-state index contributed by atoms with van der Waals surface area (Å²) in [6.07, 6.45) is 0. The van der Waals surface area contributed by atoms with E-state index in [-0.39, 0.29) is 12.3 Å². The summed E-state index contributed by atoms with van der Waals surface area (Å²) in [6, 6.07) is 7.29. The number of aryl methyl sites for hydroxylation is 1. The summed E-state index contributed by atoms with van der Waals surface area (Å²) in [6.45, 7) is 1.76. The first-order valence-corrected chi connectivity index (χ1v) is 5.94. The minimum atomic E-state index is -1.13. The molecule has 18 heavy (non-hydrogen) atoms. The molecule has 0 aliphatic heterocycles. The Morgan fingerprint density at radius 3 is 3.00 bits per heavy atom. The molecule has 0 aliphatic rings. The van der Waals surface area contributed by atoms with E-state index in [1.165, 1.54) is 0 Å². The van der Waals surface area contributed by atoms with Gasteiger partial charge in [-0.2, -0.15) is 0 Å². The summed E-state index contributed by atoms with van der Waals surface area (Å²) in [5.74, 6) is -0.0385. The zero-order valence-electron chi connectivity index (χ0n) is 9.51. The molecule has 0 unspecified atom stereocenters. The number of carbonyl (C=O) groups is 1. The Kier molecular flexibility index (Phi) is 3.66. The van der Waals surface area contributed by atoms with Crippen molar-refractivity contribution < 1.29 is 19.2 Å². The number of benzene rings is 1. The van der Waals surface area contributed by atoms with Crippen LogP contribution in [0, 0.1) is 6.92 Å². The van der Waals surface area contributed by atoms with Crippen LogP contribution < -0.4 is 4.74 Å². The van der Waals surface area contributed by atoms with Crippen molar-refractivity contribution in [3.8, 4) is 5.75 Å². The second kappa shape index (κ2) is 5.22. The van der Waals surface area contributed by atoms with E-state index in [4.69, 9.17) is 14.4 Å². The summed E-state index contributed by atoms with van der Waals surface area (Å²) in [4.78, 5) is 10.9. The molecule has 0 saturated carbocycles. The van der Waals surface area contributed by atoms with E-state index in [1.807, 2.05) is 12.1 Å². The number of halogens is 1. The third-order valence-electron chi connectivity index (χ3n) is 2.37. The van der Waals surface area contributed by atoms with Gasteiger partial charge in [0.15, 0.2) is 5.69 Å². The average molecular weight is 312 g/mol. The molecule has 0 saturated heterocycles. The molecular formula is C12H10BrNO4. The van der Waals surface area contributed by atoms with Crippen LogP contribution in [0.25, 0.3) is 0 Å². The monoisotopic (exact) mass is 311 g/mol. The van der Waals surface area contributed by atoms with Crippen molar-refractivity contribution in [1.82, 2.24) is 5.16 Å². The van der Waals surface area contributed by atoms with Crippen molar-refractivity contribution in [3.63, 3.8) is 0 Å². The van der Waals surface area contributed by atoms with Gasteiger partial charge in [-0.25, -0.2) is 4.79 Å². The summed E-state index contributed by atoms with van der Waals surface area (Å²) in [7, 11) is 0. The van der Waals surface area contributed by atoms with Crippen LogP contribution >= 0.6 is 15.9 Å². The predicted molar refractivity (Wildman–Crippen MR) is 66.7 cm³/mol. The van der Waals surface area contributed by atoms with Gasteiger partial charge < -0.3 is 14.4 Å². The van der Waals surface area contributed by atoms with Crippen molar-refractivity contribution >= 4 is 21.9 Å². The van der Waals surface area contributed by atoms with E-state index in [0.717, 1.165) is 4.47 Å². The lowest BCUT2D eigenvalue weighted by atomic mass is 10.2. The highest BCUT2D eigenvalue weighted by molar-refractivity contribution is 9.10. The fraction of sp³-hybridized carbons (Fsp3) is 0.167. The van der Waals surface area contributed by atoms with E-state index >= 15 is 0 Å². The average Bonchev–Trinajstić information content (AvgIpc) is 2.68. The van der Waals surface area contributed by atoms with Crippen LogP contribution in [0.5, 0.6) is 5.75 Å². The lowest BCUT2D eigenvalue weighted by molar-refractivity contribution is 0.0683. The summed E-state index contributed by atoms with van der Waals surface area (Å²) in [5.41, 5.74) is 0.338. The van der Waals surface area contributed by atoms with Crippen LogP contribution in [-0.4, -0.2) is 16.2 Å². The molecule has 1 N–H and O–H groups in total. The standard InChI is InChI=1S/C12H10BrNO4/c1-7-10(11(12(15)16)14-18-7)6-17-9-4-2-3-8(13)5-9/h2-5H,6H2,1H3,(H,15,16). The Labute approximate surface area is 111 Å². The maximum absolute atomic E-state index is 10.9. The fourth-order valence-electron chi connectivity index (χ4n) is 1.44. The van der Waals surface area contributed by atoms with Crippen molar-refractivity contribution in [2.75, 3.05) is 0 Å². The SMILES string of the molecule is Cc1onc(C(=O)O)c1COc1cccc(Br)c1. The lowest BCUT2D eigenvalue weighted by Gasteiger charge is -2.05. The van der Waals surface area contributed by atoms with Gasteiger partial charge in [0, 0.05) is 4.47 Å². The highest BCUT2D eigenvalue weighted by atomic mass is 79.9. The summed E-state index contributed by atoms with van der Waals surface area (Å²) >= 11 is 3.33. The molecule has 0 radical (unpaired) electrons. The number of hydrogen-bond acceptors (Lipinski definition) is 4. The molecule has 0 aliphatic carbocycles. The molecule has 1 aromatic heterocycles. The third kappa shape index (κ3) is 2.70. The zero-order chi connectivity index (χ0) is 13.1. The molecule has 0 atom stereocenters. The molecule has 0 bridgehead atoms. The van der Waals surface area contributed by atoms with Gasteiger partial charge >= 0.3 is 5.97 Å². The molecule has 1 aromatic carbocycles. The van der Waals surface area contributed by atoms with Crippen LogP contribution in [-0.2, 0) is 6.61 Å². The quantitative estimate of drug-likeness (QED) is 0.939. The van der Waals surface area contributed by atoms with Gasteiger partial charge in [-0.15, -0.1) is 0 Å². The lowest BCUT2D eigenvalue weighted by Crippen LogP contribution is -2.05. The van der Waals surface area contributed by atoms with Crippen LogP contribution in [0.4, 0.5) is 0 Å². The smallest absolute Gasteiger partial charge is 0.358 e. The summed E-state index contributed by atoms with van der Waals surface area (Å²) < 4.78 is 11.2. The van der Waals surface area contributed by atoms with Crippen molar-refractivity contribution in [3.05, 3.63) is 45.8 Å². The molecule has 2 aromatic rings. The Morgan fingerprint density at radius 1 is 1.56 bits per heavy atom. The molecule has 0 spiro atoms. The maximum Gasteiger partial charge on any atom is 0.358 e. The Balaban J connectivity index is 2.15. The highest BCUT2D eigenvalue weighted by Gasteiger charge is 2.19. The second-order valence-corrected chi connectivity index (χ2v) is 4.53. The first-order chi connectivity index (χ1) is 8.58. The van der Waals surface area contributed by atoms with E-state index < -0.39 is 5.97 Å². The van der Waals surface area contributed by atoms with Gasteiger partial charge in [-0.3, -0.25) is 0 Å². The van der Waals surface area contributed by atoms with Gasteiger partial charge in [-0.05, 0) is 25.1 Å². The van der Waals surface area contributed by atoms with Gasteiger partial charge in [0.1, 0.15) is 18.1 Å². The zero-order valence-corrected chi connectivity index (χ0v) is 11.1. The number of aromatic carboxylic acids is 1. The van der Waals surface area contributed by atoms with E-state index in [2.05, 4.69) is 21.1 Å². The third-order valence-corrected chi connectivity index (χ3v) is 2.86. The number of nitrogens with zero attached hydrogens (tertiary/aromatic N) is 1. The topological polar surface area (TPSA) is 72.6 Å².